The van der Waals surface area contributed by atoms with E-state index in [0.29, 0.717) is 24.9 Å². The number of carbonyl (C=O) groups excluding carboxylic acids is 1. The average Bonchev–Trinajstić information content (AvgIpc) is 2.29. The standard InChI is InChI=1S/C12H15F2NO2/c13-10-4-3-9(11(14)8-10)5-6-15-12(17)2-1-7-16/h3-4,8,16H,1-2,5-7H2,(H,15,17). The zero-order valence-corrected chi connectivity index (χ0v) is 9.38. The molecule has 0 spiro atoms. The van der Waals surface area contributed by atoms with Gasteiger partial charge >= 0.3 is 0 Å². The summed E-state index contributed by atoms with van der Waals surface area (Å²) in [5, 5.41) is 11.1. The highest BCUT2D eigenvalue weighted by molar-refractivity contribution is 5.75. The molecular weight excluding hydrogens is 228 g/mol. The highest BCUT2D eigenvalue weighted by Crippen LogP contribution is 2.09. The van der Waals surface area contributed by atoms with Gasteiger partial charge in [-0.2, -0.15) is 0 Å². The summed E-state index contributed by atoms with van der Waals surface area (Å²) in [5.41, 5.74) is 0.369. The van der Waals surface area contributed by atoms with Crippen molar-refractivity contribution in [3.63, 3.8) is 0 Å². The Morgan fingerprint density at radius 3 is 2.76 bits per heavy atom. The molecule has 1 aromatic carbocycles. The molecule has 5 heteroatoms. The molecule has 94 valence electrons. The van der Waals surface area contributed by atoms with Crippen molar-refractivity contribution < 1.29 is 18.7 Å². The summed E-state index contributed by atoms with van der Waals surface area (Å²) in [6.45, 7) is 0.271. The fraction of sp³-hybridized carbons (Fsp3) is 0.417. The van der Waals surface area contributed by atoms with Gasteiger partial charge in [-0.05, 0) is 24.5 Å². The predicted molar refractivity (Wildman–Crippen MR) is 59.4 cm³/mol. The van der Waals surface area contributed by atoms with Crippen LogP contribution in [0.25, 0.3) is 0 Å². The number of hydrogen-bond acceptors (Lipinski definition) is 2. The van der Waals surface area contributed by atoms with E-state index < -0.39 is 11.6 Å². The lowest BCUT2D eigenvalue weighted by Gasteiger charge is -2.05. The normalized spacial score (nSPS) is 10.3. The van der Waals surface area contributed by atoms with Crippen LogP contribution in [0, 0.1) is 11.6 Å². The monoisotopic (exact) mass is 243 g/mol. The van der Waals surface area contributed by atoms with Gasteiger partial charge in [0, 0.05) is 25.6 Å². The van der Waals surface area contributed by atoms with Crippen LogP contribution in [0.3, 0.4) is 0 Å². The molecule has 1 aromatic rings. The van der Waals surface area contributed by atoms with Gasteiger partial charge < -0.3 is 10.4 Å². The molecule has 0 bridgehead atoms. The van der Waals surface area contributed by atoms with E-state index in [9.17, 15) is 13.6 Å². The molecule has 0 saturated carbocycles. The maximum Gasteiger partial charge on any atom is 0.220 e. The van der Waals surface area contributed by atoms with E-state index in [1.807, 2.05) is 0 Å². The molecule has 0 aliphatic heterocycles. The Hall–Kier alpha value is -1.49. The van der Waals surface area contributed by atoms with E-state index >= 15 is 0 Å². The number of rotatable bonds is 6. The van der Waals surface area contributed by atoms with E-state index in [1.54, 1.807) is 0 Å². The zero-order chi connectivity index (χ0) is 12.7. The van der Waals surface area contributed by atoms with Crippen LogP contribution in [0.4, 0.5) is 8.78 Å². The summed E-state index contributed by atoms with van der Waals surface area (Å²) >= 11 is 0. The first-order valence-electron chi connectivity index (χ1n) is 5.45. The van der Waals surface area contributed by atoms with Crippen LogP contribution in [0.2, 0.25) is 0 Å². The van der Waals surface area contributed by atoms with Gasteiger partial charge in [-0.25, -0.2) is 8.78 Å². The number of aliphatic hydroxyl groups is 1. The molecule has 0 saturated heterocycles. The third-order valence-electron chi connectivity index (χ3n) is 2.29. The van der Waals surface area contributed by atoms with Crippen LogP contribution in [-0.4, -0.2) is 24.2 Å². The second-order valence-electron chi connectivity index (χ2n) is 3.66. The predicted octanol–water partition coefficient (Wildman–Crippen LogP) is 1.40. The number of amides is 1. The molecule has 3 nitrogen and oxygen atoms in total. The van der Waals surface area contributed by atoms with E-state index in [4.69, 9.17) is 5.11 Å². The third-order valence-corrected chi connectivity index (χ3v) is 2.29. The van der Waals surface area contributed by atoms with Crippen LogP contribution < -0.4 is 5.32 Å². The second kappa shape index (κ2) is 6.96. The molecule has 2 N–H and O–H groups in total. The molecule has 1 rings (SSSR count). The Bertz CT molecular complexity index is 383. The number of aliphatic hydroxyl groups excluding tert-OH is 1. The highest BCUT2D eigenvalue weighted by Gasteiger charge is 2.04. The lowest BCUT2D eigenvalue weighted by Crippen LogP contribution is -2.25. The number of halogens is 2. The summed E-state index contributed by atoms with van der Waals surface area (Å²) in [6.07, 6.45) is 0.982. The van der Waals surface area contributed by atoms with Crippen LogP contribution in [0.5, 0.6) is 0 Å². The van der Waals surface area contributed by atoms with Gasteiger partial charge in [0.25, 0.3) is 0 Å². The lowest BCUT2D eigenvalue weighted by atomic mass is 10.1. The van der Waals surface area contributed by atoms with Gasteiger partial charge in [-0.1, -0.05) is 6.07 Å². The molecular formula is C12H15F2NO2. The first-order valence-corrected chi connectivity index (χ1v) is 5.45. The van der Waals surface area contributed by atoms with Crippen molar-refractivity contribution in [2.24, 2.45) is 0 Å². The molecule has 0 atom stereocenters. The summed E-state index contributed by atoms with van der Waals surface area (Å²) in [7, 11) is 0. The van der Waals surface area contributed by atoms with E-state index in [0.717, 1.165) is 6.07 Å². The molecule has 0 aliphatic rings. The topological polar surface area (TPSA) is 49.3 Å². The van der Waals surface area contributed by atoms with Crippen molar-refractivity contribution in [1.82, 2.24) is 5.32 Å². The quantitative estimate of drug-likeness (QED) is 0.793. The number of carbonyl (C=O) groups is 1. The Balaban J connectivity index is 2.33. The maximum atomic E-state index is 13.2. The van der Waals surface area contributed by atoms with Crippen LogP contribution in [-0.2, 0) is 11.2 Å². The van der Waals surface area contributed by atoms with Crippen molar-refractivity contribution >= 4 is 5.91 Å². The molecule has 0 aromatic heterocycles. The van der Waals surface area contributed by atoms with Gasteiger partial charge in [-0.3, -0.25) is 4.79 Å². The fourth-order valence-corrected chi connectivity index (χ4v) is 1.39. The number of nitrogens with one attached hydrogen (secondary N) is 1. The smallest absolute Gasteiger partial charge is 0.220 e. The first-order chi connectivity index (χ1) is 8.13. The summed E-state index contributed by atoms with van der Waals surface area (Å²) in [4.78, 5) is 11.2. The third kappa shape index (κ3) is 4.91. The summed E-state index contributed by atoms with van der Waals surface area (Å²) < 4.78 is 25.8. The lowest BCUT2D eigenvalue weighted by molar-refractivity contribution is -0.121. The maximum absolute atomic E-state index is 13.2. The highest BCUT2D eigenvalue weighted by atomic mass is 19.1. The van der Waals surface area contributed by atoms with Gasteiger partial charge in [0.1, 0.15) is 11.6 Å². The minimum absolute atomic E-state index is 0.0278. The van der Waals surface area contributed by atoms with Gasteiger partial charge in [0.15, 0.2) is 0 Å². The average molecular weight is 243 g/mol. The van der Waals surface area contributed by atoms with Crippen molar-refractivity contribution in [1.29, 1.82) is 0 Å². The Labute approximate surface area is 98.5 Å². The molecule has 17 heavy (non-hydrogen) atoms. The number of benzene rings is 1. The van der Waals surface area contributed by atoms with E-state index in [1.165, 1.54) is 12.1 Å². The molecule has 0 aliphatic carbocycles. The molecule has 1 amide bonds. The Morgan fingerprint density at radius 2 is 2.12 bits per heavy atom. The van der Waals surface area contributed by atoms with Gasteiger partial charge in [0.05, 0.1) is 0 Å². The van der Waals surface area contributed by atoms with Crippen molar-refractivity contribution in [2.45, 2.75) is 19.3 Å². The Morgan fingerprint density at radius 1 is 1.35 bits per heavy atom. The second-order valence-corrected chi connectivity index (χ2v) is 3.66. The van der Waals surface area contributed by atoms with E-state index in [2.05, 4.69) is 5.32 Å². The Kier molecular flexibility index (Phi) is 5.56. The van der Waals surface area contributed by atoms with Crippen molar-refractivity contribution in [2.75, 3.05) is 13.2 Å². The molecule has 0 heterocycles. The zero-order valence-electron chi connectivity index (χ0n) is 9.38. The van der Waals surface area contributed by atoms with Crippen LogP contribution >= 0.6 is 0 Å². The fourth-order valence-electron chi connectivity index (χ4n) is 1.39. The molecule has 0 fully saturated rings. The number of hydrogen-bond donors (Lipinski definition) is 2. The minimum atomic E-state index is -0.613. The summed E-state index contributed by atoms with van der Waals surface area (Å²) in [5.74, 6) is -1.39. The minimum Gasteiger partial charge on any atom is -0.396 e. The molecule has 0 unspecified atom stereocenters. The summed E-state index contributed by atoms with van der Waals surface area (Å²) in [6, 6.07) is 3.37. The van der Waals surface area contributed by atoms with Crippen molar-refractivity contribution in [3.8, 4) is 0 Å². The SMILES string of the molecule is O=C(CCCO)NCCc1ccc(F)cc1F. The van der Waals surface area contributed by atoms with Crippen LogP contribution in [0.15, 0.2) is 18.2 Å². The largest absolute Gasteiger partial charge is 0.396 e. The van der Waals surface area contributed by atoms with Gasteiger partial charge in [-0.15, -0.1) is 0 Å². The van der Waals surface area contributed by atoms with Gasteiger partial charge in [0.2, 0.25) is 5.91 Å². The first kappa shape index (κ1) is 13.6. The van der Waals surface area contributed by atoms with Crippen LogP contribution in [0.1, 0.15) is 18.4 Å². The molecule has 0 radical (unpaired) electrons. The van der Waals surface area contributed by atoms with E-state index in [-0.39, 0.29) is 18.9 Å². The van der Waals surface area contributed by atoms with Crippen molar-refractivity contribution in [3.05, 3.63) is 35.4 Å².